The predicted molar refractivity (Wildman–Crippen MR) is 62.7 cm³/mol. The Morgan fingerprint density at radius 1 is 1.47 bits per heavy atom. The quantitative estimate of drug-likeness (QED) is 0.704. The van der Waals surface area contributed by atoms with Gasteiger partial charge in [-0.25, -0.2) is 0 Å². The predicted octanol–water partition coefficient (Wildman–Crippen LogP) is 2.05. The highest BCUT2D eigenvalue weighted by atomic mass is 16.3. The molecule has 86 valence electrons. The number of β-amino-alcohol motifs (C(OH)–C–C–N with tert-alkyl or cyclic N) is 1. The molecular weight excluding hydrogens is 186 g/mol. The lowest BCUT2D eigenvalue weighted by Gasteiger charge is -2.32. The van der Waals surface area contributed by atoms with Gasteiger partial charge in [0, 0.05) is 19.6 Å². The Balaban J connectivity index is 1.92. The van der Waals surface area contributed by atoms with Crippen LogP contribution in [0.3, 0.4) is 0 Å². The number of likely N-dealkylation sites (tertiary alicyclic amines) is 1. The summed E-state index contributed by atoms with van der Waals surface area (Å²) < 4.78 is 0. The van der Waals surface area contributed by atoms with Crippen LogP contribution in [0, 0.1) is 11.8 Å². The van der Waals surface area contributed by atoms with E-state index in [0.717, 1.165) is 37.9 Å². The standard InChI is InChI=1S/C13H23NO/c1-10-4-3-5-11(2)13(10)9-14-7-6-12(15)8-14/h4,11-13,15H,3,5-9H2,1-2H3/t11-,12+,13-/m1/s1. The summed E-state index contributed by atoms with van der Waals surface area (Å²) in [7, 11) is 0. The minimum absolute atomic E-state index is 0.0758. The summed E-state index contributed by atoms with van der Waals surface area (Å²) in [5, 5.41) is 9.50. The molecule has 0 amide bonds. The molecule has 0 spiro atoms. The van der Waals surface area contributed by atoms with Gasteiger partial charge in [-0.2, -0.15) is 0 Å². The number of aliphatic hydroxyl groups excluding tert-OH is 1. The fourth-order valence-corrected chi connectivity index (χ4v) is 2.96. The number of hydrogen-bond acceptors (Lipinski definition) is 2. The lowest BCUT2D eigenvalue weighted by atomic mass is 9.80. The molecule has 2 rings (SSSR count). The SMILES string of the molecule is CC1=CCC[C@@H](C)[C@@H]1CN1CC[C@H](O)C1. The molecule has 2 aliphatic rings. The van der Waals surface area contributed by atoms with Gasteiger partial charge >= 0.3 is 0 Å². The third-order valence-corrected chi connectivity index (χ3v) is 4.06. The van der Waals surface area contributed by atoms with E-state index in [1.165, 1.54) is 12.8 Å². The highest BCUT2D eigenvalue weighted by Gasteiger charge is 2.27. The molecular formula is C13H23NO. The van der Waals surface area contributed by atoms with Crippen LogP contribution in [-0.2, 0) is 0 Å². The van der Waals surface area contributed by atoms with Gasteiger partial charge < -0.3 is 10.0 Å². The van der Waals surface area contributed by atoms with E-state index in [4.69, 9.17) is 0 Å². The molecule has 1 N–H and O–H groups in total. The smallest absolute Gasteiger partial charge is 0.0679 e. The first kappa shape index (κ1) is 11.2. The Morgan fingerprint density at radius 2 is 2.27 bits per heavy atom. The van der Waals surface area contributed by atoms with Crippen LogP contribution in [-0.4, -0.2) is 35.7 Å². The van der Waals surface area contributed by atoms with Crippen molar-refractivity contribution in [2.75, 3.05) is 19.6 Å². The fraction of sp³-hybridized carbons (Fsp3) is 0.846. The molecule has 3 atom stereocenters. The number of nitrogens with zero attached hydrogens (tertiary/aromatic N) is 1. The average Bonchev–Trinajstić information content (AvgIpc) is 2.58. The van der Waals surface area contributed by atoms with Gasteiger partial charge in [-0.3, -0.25) is 0 Å². The van der Waals surface area contributed by atoms with E-state index in [1.54, 1.807) is 5.57 Å². The molecule has 0 aromatic heterocycles. The lowest BCUT2D eigenvalue weighted by molar-refractivity contribution is 0.165. The second kappa shape index (κ2) is 4.67. The van der Waals surface area contributed by atoms with Crippen LogP contribution in [0.5, 0.6) is 0 Å². The Morgan fingerprint density at radius 3 is 2.87 bits per heavy atom. The van der Waals surface area contributed by atoms with Gasteiger partial charge in [-0.15, -0.1) is 0 Å². The molecule has 0 bridgehead atoms. The van der Waals surface area contributed by atoms with Crippen LogP contribution in [0.15, 0.2) is 11.6 Å². The van der Waals surface area contributed by atoms with Gasteiger partial charge in [0.05, 0.1) is 6.10 Å². The summed E-state index contributed by atoms with van der Waals surface area (Å²) in [5.74, 6) is 1.54. The van der Waals surface area contributed by atoms with Crippen molar-refractivity contribution >= 4 is 0 Å². The maximum Gasteiger partial charge on any atom is 0.0679 e. The molecule has 0 aromatic rings. The topological polar surface area (TPSA) is 23.5 Å². The van der Waals surface area contributed by atoms with E-state index in [9.17, 15) is 5.11 Å². The summed E-state index contributed by atoms with van der Waals surface area (Å²) in [5.41, 5.74) is 1.56. The molecule has 15 heavy (non-hydrogen) atoms. The summed E-state index contributed by atoms with van der Waals surface area (Å²) in [6.07, 6.45) is 5.87. The Kier molecular flexibility index (Phi) is 3.47. The van der Waals surface area contributed by atoms with Gasteiger partial charge in [0.2, 0.25) is 0 Å². The van der Waals surface area contributed by atoms with Gasteiger partial charge in [0.25, 0.3) is 0 Å². The zero-order valence-electron chi connectivity index (χ0n) is 9.95. The molecule has 1 heterocycles. The van der Waals surface area contributed by atoms with Crippen molar-refractivity contribution < 1.29 is 5.11 Å². The summed E-state index contributed by atoms with van der Waals surface area (Å²) in [4.78, 5) is 2.43. The van der Waals surface area contributed by atoms with Gasteiger partial charge in [-0.1, -0.05) is 18.6 Å². The van der Waals surface area contributed by atoms with Gasteiger partial charge in [-0.05, 0) is 38.0 Å². The first-order valence-electron chi connectivity index (χ1n) is 6.24. The molecule has 2 nitrogen and oxygen atoms in total. The number of hydrogen-bond donors (Lipinski definition) is 1. The molecule has 1 saturated heterocycles. The zero-order chi connectivity index (χ0) is 10.8. The molecule has 0 unspecified atom stereocenters. The van der Waals surface area contributed by atoms with Crippen molar-refractivity contribution in [2.45, 2.75) is 39.2 Å². The van der Waals surface area contributed by atoms with Crippen molar-refractivity contribution in [1.29, 1.82) is 0 Å². The van der Waals surface area contributed by atoms with E-state index >= 15 is 0 Å². The van der Waals surface area contributed by atoms with E-state index < -0.39 is 0 Å². The van der Waals surface area contributed by atoms with Crippen molar-refractivity contribution in [3.8, 4) is 0 Å². The molecule has 0 aromatic carbocycles. The van der Waals surface area contributed by atoms with Crippen LogP contribution >= 0.6 is 0 Å². The minimum Gasteiger partial charge on any atom is -0.392 e. The molecule has 0 radical (unpaired) electrons. The van der Waals surface area contributed by atoms with E-state index in [-0.39, 0.29) is 6.10 Å². The van der Waals surface area contributed by atoms with Crippen molar-refractivity contribution in [1.82, 2.24) is 4.90 Å². The molecule has 2 heteroatoms. The first-order valence-corrected chi connectivity index (χ1v) is 6.24. The maximum absolute atomic E-state index is 9.50. The Labute approximate surface area is 93.0 Å². The van der Waals surface area contributed by atoms with Crippen molar-refractivity contribution in [2.24, 2.45) is 11.8 Å². The fourth-order valence-electron chi connectivity index (χ4n) is 2.96. The minimum atomic E-state index is -0.0758. The third kappa shape index (κ3) is 2.61. The molecule has 0 saturated carbocycles. The monoisotopic (exact) mass is 209 g/mol. The van der Waals surface area contributed by atoms with Crippen LogP contribution < -0.4 is 0 Å². The lowest BCUT2D eigenvalue weighted by Crippen LogP contribution is -2.33. The summed E-state index contributed by atoms with van der Waals surface area (Å²) in [6, 6.07) is 0. The molecule has 1 aliphatic carbocycles. The zero-order valence-corrected chi connectivity index (χ0v) is 9.95. The van der Waals surface area contributed by atoms with E-state index in [2.05, 4.69) is 24.8 Å². The largest absolute Gasteiger partial charge is 0.392 e. The Hall–Kier alpha value is -0.340. The average molecular weight is 209 g/mol. The van der Waals surface area contributed by atoms with Crippen LogP contribution in [0.1, 0.15) is 33.1 Å². The number of allylic oxidation sites excluding steroid dienone is 1. The second-order valence-corrected chi connectivity index (χ2v) is 5.31. The summed E-state index contributed by atoms with van der Waals surface area (Å²) >= 11 is 0. The highest BCUT2D eigenvalue weighted by Crippen LogP contribution is 2.31. The molecule has 1 aliphatic heterocycles. The number of rotatable bonds is 2. The van der Waals surface area contributed by atoms with Crippen LogP contribution in [0.25, 0.3) is 0 Å². The Bertz CT molecular complexity index is 249. The third-order valence-electron chi connectivity index (χ3n) is 4.06. The van der Waals surface area contributed by atoms with Crippen molar-refractivity contribution in [3.63, 3.8) is 0 Å². The highest BCUT2D eigenvalue weighted by molar-refractivity contribution is 5.09. The van der Waals surface area contributed by atoms with Crippen LogP contribution in [0.4, 0.5) is 0 Å². The van der Waals surface area contributed by atoms with Crippen molar-refractivity contribution in [3.05, 3.63) is 11.6 Å². The summed E-state index contributed by atoms with van der Waals surface area (Å²) in [6.45, 7) is 7.76. The molecule has 1 fully saturated rings. The maximum atomic E-state index is 9.50. The first-order chi connectivity index (χ1) is 7.16. The second-order valence-electron chi connectivity index (χ2n) is 5.31. The van der Waals surface area contributed by atoms with E-state index in [0.29, 0.717) is 0 Å². The van der Waals surface area contributed by atoms with Gasteiger partial charge in [0.15, 0.2) is 0 Å². The van der Waals surface area contributed by atoms with Crippen LogP contribution in [0.2, 0.25) is 0 Å². The van der Waals surface area contributed by atoms with E-state index in [1.807, 2.05) is 0 Å². The van der Waals surface area contributed by atoms with Gasteiger partial charge in [0.1, 0.15) is 0 Å². The normalized spacial score (nSPS) is 38.1. The number of aliphatic hydroxyl groups is 1.